The van der Waals surface area contributed by atoms with Gasteiger partial charge in [0.2, 0.25) is 0 Å². The molecule has 6 nitrogen and oxygen atoms in total. The van der Waals surface area contributed by atoms with Crippen LogP contribution in [0.5, 0.6) is 0 Å². The summed E-state index contributed by atoms with van der Waals surface area (Å²) in [5, 5.41) is 6.76. The second kappa shape index (κ2) is 7.06. The van der Waals surface area contributed by atoms with Gasteiger partial charge in [0.05, 0.1) is 11.7 Å². The number of aromatic nitrogens is 1. The molecule has 0 bridgehead atoms. The molecule has 1 saturated heterocycles. The van der Waals surface area contributed by atoms with Crippen LogP contribution in [0.2, 0.25) is 0 Å². The fourth-order valence-corrected chi connectivity index (χ4v) is 4.24. The minimum absolute atomic E-state index is 0.0490. The van der Waals surface area contributed by atoms with Gasteiger partial charge in [-0.2, -0.15) is 0 Å². The summed E-state index contributed by atoms with van der Waals surface area (Å²) >= 11 is 0. The van der Waals surface area contributed by atoms with E-state index in [1.54, 1.807) is 13.8 Å². The average Bonchev–Trinajstić information content (AvgIpc) is 2.69. The van der Waals surface area contributed by atoms with Gasteiger partial charge >= 0.3 is 5.97 Å². The number of piperidine rings is 1. The van der Waals surface area contributed by atoms with E-state index in [4.69, 9.17) is 4.74 Å². The van der Waals surface area contributed by atoms with E-state index in [9.17, 15) is 9.59 Å². The lowest BCUT2D eigenvalue weighted by Crippen LogP contribution is -2.62. The summed E-state index contributed by atoms with van der Waals surface area (Å²) in [6.45, 7) is 15.8. The molecule has 2 rings (SSSR count). The molecule has 0 aliphatic carbocycles. The first-order valence-corrected chi connectivity index (χ1v) is 9.32. The molecule has 6 heteroatoms. The summed E-state index contributed by atoms with van der Waals surface area (Å²) in [6, 6.07) is 0.0721. The van der Waals surface area contributed by atoms with Gasteiger partial charge in [0.1, 0.15) is 5.69 Å². The summed E-state index contributed by atoms with van der Waals surface area (Å²) in [4.78, 5) is 28.2. The summed E-state index contributed by atoms with van der Waals surface area (Å²) in [6.07, 6.45) is 1.50. The fraction of sp³-hybridized carbons (Fsp3) is 0.700. The van der Waals surface area contributed by atoms with Crippen LogP contribution in [0, 0.1) is 13.8 Å². The van der Waals surface area contributed by atoms with E-state index in [-0.39, 0.29) is 29.1 Å². The van der Waals surface area contributed by atoms with Crippen LogP contribution in [0.3, 0.4) is 0 Å². The molecular weight excluding hydrogens is 330 g/mol. The normalized spacial score (nSPS) is 19.4. The van der Waals surface area contributed by atoms with Crippen molar-refractivity contribution < 1.29 is 14.3 Å². The Labute approximate surface area is 156 Å². The van der Waals surface area contributed by atoms with Gasteiger partial charge in [0, 0.05) is 22.8 Å². The zero-order valence-corrected chi connectivity index (χ0v) is 17.3. The third-order valence-electron chi connectivity index (χ3n) is 4.74. The lowest BCUT2D eigenvalue weighted by Gasteiger charge is -2.46. The molecule has 1 aromatic rings. The quantitative estimate of drug-likeness (QED) is 0.717. The van der Waals surface area contributed by atoms with E-state index in [1.807, 2.05) is 13.8 Å². The third-order valence-corrected chi connectivity index (χ3v) is 4.74. The van der Waals surface area contributed by atoms with Crippen LogP contribution in [0.4, 0.5) is 0 Å². The van der Waals surface area contributed by atoms with E-state index in [2.05, 4.69) is 43.3 Å². The summed E-state index contributed by atoms with van der Waals surface area (Å²) < 4.78 is 5.30. The van der Waals surface area contributed by atoms with Crippen LogP contribution < -0.4 is 10.6 Å². The molecule has 1 fully saturated rings. The maximum atomic E-state index is 12.9. The molecule has 0 atom stereocenters. The van der Waals surface area contributed by atoms with E-state index in [0.717, 1.165) is 12.8 Å². The molecule has 1 aromatic heterocycles. The van der Waals surface area contributed by atoms with Crippen molar-refractivity contribution in [3.05, 3.63) is 22.5 Å². The van der Waals surface area contributed by atoms with Gasteiger partial charge in [-0.05, 0) is 73.8 Å². The monoisotopic (exact) mass is 363 g/mol. The van der Waals surface area contributed by atoms with Crippen LogP contribution in [-0.2, 0) is 4.74 Å². The predicted octanol–water partition coefficient (Wildman–Crippen LogP) is 3.24. The topological polar surface area (TPSA) is 83.2 Å². The van der Waals surface area contributed by atoms with Crippen molar-refractivity contribution in [3.63, 3.8) is 0 Å². The van der Waals surface area contributed by atoms with Crippen LogP contribution >= 0.6 is 0 Å². The maximum absolute atomic E-state index is 12.9. The van der Waals surface area contributed by atoms with Gasteiger partial charge in [-0.15, -0.1) is 0 Å². The van der Waals surface area contributed by atoms with E-state index in [0.29, 0.717) is 22.5 Å². The second-order valence-corrected chi connectivity index (χ2v) is 9.05. The number of aromatic amines is 1. The average molecular weight is 364 g/mol. The lowest BCUT2D eigenvalue weighted by atomic mass is 9.79. The number of ether oxygens (including phenoxy) is 1. The number of hydrogen-bond donors (Lipinski definition) is 3. The van der Waals surface area contributed by atoms with E-state index >= 15 is 0 Å². The fourth-order valence-electron chi connectivity index (χ4n) is 4.24. The Bertz CT molecular complexity index is 685. The maximum Gasteiger partial charge on any atom is 0.340 e. The van der Waals surface area contributed by atoms with Crippen molar-refractivity contribution in [1.29, 1.82) is 0 Å². The van der Waals surface area contributed by atoms with Crippen molar-refractivity contribution in [2.45, 2.75) is 91.5 Å². The molecule has 1 aliphatic rings. The van der Waals surface area contributed by atoms with Crippen LogP contribution in [0.25, 0.3) is 0 Å². The van der Waals surface area contributed by atoms with Gasteiger partial charge in [0.15, 0.2) is 0 Å². The first-order valence-electron chi connectivity index (χ1n) is 9.32. The Morgan fingerprint density at radius 1 is 1.12 bits per heavy atom. The predicted molar refractivity (Wildman–Crippen MR) is 103 cm³/mol. The number of hydrogen-bond acceptors (Lipinski definition) is 4. The number of amides is 1. The highest BCUT2D eigenvalue weighted by Crippen LogP contribution is 2.29. The van der Waals surface area contributed by atoms with Crippen molar-refractivity contribution in [3.8, 4) is 0 Å². The Kier molecular flexibility index (Phi) is 5.57. The second-order valence-electron chi connectivity index (χ2n) is 9.05. The molecule has 0 aromatic carbocycles. The molecule has 0 radical (unpaired) electrons. The number of aryl methyl sites for hydroxylation is 1. The smallest absolute Gasteiger partial charge is 0.340 e. The number of esters is 1. The number of nitrogens with one attached hydrogen (secondary N) is 3. The van der Waals surface area contributed by atoms with Crippen LogP contribution in [0.1, 0.15) is 86.5 Å². The number of rotatable bonds is 4. The Morgan fingerprint density at radius 3 is 2.15 bits per heavy atom. The van der Waals surface area contributed by atoms with Crippen molar-refractivity contribution in [2.24, 2.45) is 0 Å². The molecule has 1 amide bonds. The molecule has 0 unspecified atom stereocenters. The minimum atomic E-state index is -0.394. The van der Waals surface area contributed by atoms with Gasteiger partial charge < -0.3 is 20.4 Å². The van der Waals surface area contributed by atoms with E-state index in [1.165, 1.54) is 0 Å². The molecule has 0 saturated carbocycles. The molecule has 3 N–H and O–H groups in total. The van der Waals surface area contributed by atoms with E-state index < -0.39 is 5.97 Å². The first kappa shape index (κ1) is 20.5. The SMILES string of the molecule is Cc1[nH]c(C(=O)NC2CC(C)(C)NC(C)(C)C2)c(C)c1C(=O)OC(C)C. The summed E-state index contributed by atoms with van der Waals surface area (Å²) in [5.41, 5.74) is 2.09. The molecule has 26 heavy (non-hydrogen) atoms. The molecule has 2 heterocycles. The number of H-pyrrole nitrogens is 1. The Balaban J connectivity index is 2.19. The zero-order chi connectivity index (χ0) is 19.9. The standard InChI is InChI=1S/C20H33N3O3/c1-11(2)26-18(25)15-12(3)16(21-13(15)4)17(24)22-14-9-19(5,6)23-20(7,8)10-14/h11,14,21,23H,9-10H2,1-8H3,(H,22,24). The summed E-state index contributed by atoms with van der Waals surface area (Å²) in [5.74, 6) is -0.567. The van der Waals surface area contributed by atoms with Gasteiger partial charge in [-0.25, -0.2) is 4.79 Å². The van der Waals surface area contributed by atoms with Gasteiger partial charge in [0.25, 0.3) is 5.91 Å². The number of carbonyl (C=O) groups is 2. The zero-order valence-electron chi connectivity index (χ0n) is 17.3. The molecule has 146 valence electrons. The lowest BCUT2D eigenvalue weighted by molar-refractivity contribution is 0.0376. The highest BCUT2D eigenvalue weighted by atomic mass is 16.5. The van der Waals surface area contributed by atoms with Gasteiger partial charge in [-0.3, -0.25) is 4.79 Å². The molecule has 0 spiro atoms. The third kappa shape index (κ3) is 4.67. The van der Waals surface area contributed by atoms with Crippen molar-refractivity contribution in [1.82, 2.24) is 15.6 Å². The highest BCUT2D eigenvalue weighted by molar-refractivity contribution is 6.00. The van der Waals surface area contributed by atoms with Crippen LogP contribution in [0.15, 0.2) is 0 Å². The largest absolute Gasteiger partial charge is 0.459 e. The van der Waals surface area contributed by atoms with Crippen molar-refractivity contribution >= 4 is 11.9 Å². The molecular formula is C20H33N3O3. The van der Waals surface area contributed by atoms with Gasteiger partial charge in [-0.1, -0.05) is 0 Å². The first-order chi connectivity index (χ1) is 11.8. The minimum Gasteiger partial charge on any atom is -0.459 e. The van der Waals surface area contributed by atoms with Crippen molar-refractivity contribution in [2.75, 3.05) is 0 Å². The Hall–Kier alpha value is -1.82. The summed E-state index contributed by atoms with van der Waals surface area (Å²) in [7, 11) is 0. The highest BCUT2D eigenvalue weighted by Gasteiger charge is 2.38. The number of carbonyl (C=O) groups excluding carboxylic acids is 2. The molecule has 1 aliphatic heterocycles. The van der Waals surface area contributed by atoms with Crippen LogP contribution in [-0.4, -0.2) is 40.1 Å². The Morgan fingerprint density at radius 2 is 1.65 bits per heavy atom.